The van der Waals surface area contributed by atoms with Gasteiger partial charge in [0.05, 0.1) is 0 Å². The van der Waals surface area contributed by atoms with Crippen LogP contribution in [0.25, 0.3) is 0 Å². The van der Waals surface area contributed by atoms with Crippen molar-refractivity contribution in [2.24, 2.45) is 5.92 Å². The Morgan fingerprint density at radius 2 is 1.94 bits per heavy atom. The van der Waals surface area contributed by atoms with Gasteiger partial charge in [0.2, 0.25) is 0 Å². The Hall–Kier alpha value is -0.870. The van der Waals surface area contributed by atoms with Crippen LogP contribution in [0.3, 0.4) is 0 Å². The number of ether oxygens (including phenoxy) is 1. The summed E-state index contributed by atoms with van der Waals surface area (Å²) in [5.41, 5.74) is 0.709. The van der Waals surface area contributed by atoms with Gasteiger partial charge in [-0.05, 0) is 43.0 Å². The van der Waals surface area contributed by atoms with Crippen molar-refractivity contribution in [2.45, 2.75) is 12.8 Å². The van der Waals surface area contributed by atoms with Gasteiger partial charge in [-0.1, -0.05) is 15.9 Å². The molecular weight excluding hydrogens is 282 g/mol. The molecule has 0 saturated carbocycles. The molecule has 0 aliphatic carbocycles. The van der Waals surface area contributed by atoms with E-state index in [1.165, 1.54) is 0 Å². The molecule has 2 rings (SSSR count). The number of nitrogens with one attached hydrogen (secondary N) is 1. The van der Waals surface area contributed by atoms with E-state index in [0.717, 1.165) is 37.1 Å². The average Bonchev–Trinajstić information content (AvgIpc) is 2.38. The molecule has 1 aromatic rings. The lowest BCUT2D eigenvalue weighted by Crippen LogP contribution is -2.32. The third-order valence-electron chi connectivity index (χ3n) is 3.00. The molecule has 1 aromatic carbocycles. The smallest absolute Gasteiger partial charge is 0.251 e. The Labute approximate surface area is 110 Å². The number of benzene rings is 1. The summed E-state index contributed by atoms with van der Waals surface area (Å²) in [5.74, 6) is 0.562. The normalized spacial score (nSPS) is 16.8. The van der Waals surface area contributed by atoms with Crippen molar-refractivity contribution in [1.29, 1.82) is 0 Å². The number of halogens is 1. The van der Waals surface area contributed by atoms with Crippen molar-refractivity contribution in [1.82, 2.24) is 5.32 Å². The zero-order valence-electron chi connectivity index (χ0n) is 9.62. The van der Waals surface area contributed by atoms with Crippen LogP contribution < -0.4 is 5.32 Å². The molecule has 0 unspecified atom stereocenters. The minimum Gasteiger partial charge on any atom is -0.381 e. The Morgan fingerprint density at radius 3 is 2.59 bits per heavy atom. The molecule has 4 heteroatoms. The van der Waals surface area contributed by atoms with Gasteiger partial charge in [-0.2, -0.15) is 0 Å². The third kappa shape index (κ3) is 3.82. The first-order valence-corrected chi connectivity index (χ1v) is 6.66. The van der Waals surface area contributed by atoms with Gasteiger partial charge in [0.1, 0.15) is 0 Å². The molecule has 0 radical (unpaired) electrons. The zero-order valence-corrected chi connectivity index (χ0v) is 11.2. The van der Waals surface area contributed by atoms with Crippen LogP contribution in [0, 0.1) is 5.92 Å². The number of amides is 1. The van der Waals surface area contributed by atoms with Crippen LogP contribution >= 0.6 is 15.9 Å². The summed E-state index contributed by atoms with van der Waals surface area (Å²) in [4.78, 5) is 11.8. The fourth-order valence-electron chi connectivity index (χ4n) is 1.89. The molecule has 17 heavy (non-hydrogen) atoms. The second-order valence-electron chi connectivity index (χ2n) is 4.27. The fourth-order valence-corrected chi connectivity index (χ4v) is 2.16. The van der Waals surface area contributed by atoms with Gasteiger partial charge >= 0.3 is 0 Å². The molecule has 1 amide bonds. The second kappa shape index (κ2) is 6.17. The molecule has 1 aliphatic rings. The number of carbonyl (C=O) groups is 1. The van der Waals surface area contributed by atoms with Gasteiger partial charge in [-0.15, -0.1) is 0 Å². The van der Waals surface area contributed by atoms with E-state index in [-0.39, 0.29) is 5.91 Å². The molecule has 1 heterocycles. The molecule has 0 spiro atoms. The number of rotatable bonds is 3. The van der Waals surface area contributed by atoms with E-state index in [0.29, 0.717) is 11.5 Å². The summed E-state index contributed by atoms with van der Waals surface area (Å²) in [5, 5.41) is 2.98. The van der Waals surface area contributed by atoms with Crippen LogP contribution in [-0.4, -0.2) is 25.7 Å². The minimum absolute atomic E-state index is 0.00370. The van der Waals surface area contributed by atoms with Crippen LogP contribution in [0.2, 0.25) is 0 Å². The summed E-state index contributed by atoms with van der Waals surface area (Å²) in [6.45, 7) is 2.38. The van der Waals surface area contributed by atoms with Crippen molar-refractivity contribution in [3.05, 3.63) is 34.3 Å². The molecule has 1 aliphatic heterocycles. The van der Waals surface area contributed by atoms with E-state index in [1.807, 2.05) is 24.3 Å². The van der Waals surface area contributed by atoms with Gasteiger partial charge in [-0.3, -0.25) is 4.79 Å². The Bertz CT molecular complexity index is 372. The van der Waals surface area contributed by atoms with E-state index in [9.17, 15) is 4.79 Å². The van der Waals surface area contributed by atoms with E-state index >= 15 is 0 Å². The van der Waals surface area contributed by atoms with E-state index < -0.39 is 0 Å². The number of carbonyl (C=O) groups excluding carboxylic acids is 1. The molecule has 92 valence electrons. The predicted molar refractivity (Wildman–Crippen MR) is 70.0 cm³/mol. The van der Waals surface area contributed by atoms with E-state index in [1.54, 1.807) is 0 Å². The van der Waals surface area contributed by atoms with Crippen molar-refractivity contribution in [3.63, 3.8) is 0 Å². The molecule has 0 bridgehead atoms. The van der Waals surface area contributed by atoms with Crippen LogP contribution in [0.5, 0.6) is 0 Å². The molecule has 1 N–H and O–H groups in total. The molecule has 0 atom stereocenters. The Morgan fingerprint density at radius 1 is 1.29 bits per heavy atom. The largest absolute Gasteiger partial charge is 0.381 e. The van der Waals surface area contributed by atoms with Crippen LogP contribution in [0.1, 0.15) is 23.2 Å². The minimum atomic E-state index is 0.00370. The second-order valence-corrected chi connectivity index (χ2v) is 5.19. The summed E-state index contributed by atoms with van der Waals surface area (Å²) in [6, 6.07) is 7.40. The lowest BCUT2D eigenvalue weighted by molar-refractivity contribution is 0.0642. The molecule has 3 nitrogen and oxygen atoms in total. The molecular formula is C13H16BrNO2. The highest BCUT2D eigenvalue weighted by Gasteiger charge is 2.15. The van der Waals surface area contributed by atoms with Gasteiger partial charge in [0, 0.05) is 29.8 Å². The van der Waals surface area contributed by atoms with E-state index in [4.69, 9.17) is 4.74 Å². The Balaban J connectivity index is 1.82. The van der Waals surface area contributed by atoms with Crippen LogP contribution in [0.4, 0.5) is 0 Å². The highest BCUT2D eigenvalue weighted by molar-refractivity contribution is 9.10. The highest BCUT2D eigenvalue weighted by atomic mass is 79.9. The molecule has 1 saturated heterocycles. The predicted octanol–water partition coefficient (Wildman–Crippen LogP) is 2.61. The van der Waals surface area contributed by atoms with Gasteiger partial charge < -0.3 is 10.1 Å². The zero-order chi connectivity index (χ0) is 12.1. The van der Waals surface area contributed by atoms with Crippen molar-refractivity contribution < 1.29 is 9.53 Å². The van der Waals surface area contributed by atoms with Gasteiger partial charge in [-0.25, -0.2) is 0 Å². The molecule has 0 aromatic heterocycles. The van der Waals surface area contributed by atoms with Crippen molar-refractivity contribution >= 4 is 21.8 Å². The maximum atomic E-state index is 11.8. The topological polar surface area (TPSA) is 38.3 Å². The number of hydrogen-bond acceptors (Lipinski definition) is 2. The van der Waals surface area contributed by atoms with Crippen molar-refractivity contribution in [3.8, 4) is 0 Å². The first kappa shape index (κ1) is 12.6. The molecule has 1 fully saturated rings. The van der Waals surface area contributed by atoms with Crippen LogP contribution in [0.15, 0.2) is 28.7 Å². The average molecular weight is 298 g/mol. The summed E-state index contributed by atoms with van der Waals surface area (Å²) >= 11 is 3.35. The third-order valence-corrected chi connectivity index (χ3v) is 3.53. The lowest BCUT2D eigenvalue weighted by Gasteiger charge is -2.22. The van der Waals surface area contributed by atoms with E-state index in [2.05, 4.69) is 21.2 Å². The first-order valence-electron chi connectivity index (χ1n) is 5.87. The van der Waals surface area contributed by atoms with Gasteiger partial charge in [0.15, 0.2) is 0 Å². The lowest BCUT2D eigenvalue weighted by atomic mass is 10.0. The standard InChI is InChI=1S/C13H16BrNO2/c14-12-3-1-11(2-4-12)13(16)15-9-10-5-7-17-8-6-10/h1-4,10H,5-9H2,(H,15,16). The summed E-state index contributed by atoms with van der Waals surface area (Å²) in [7, 11) is 0. The summed E-state index contributed by atoms with van der Waals surface area (Å²) in [6.07, 6.45) is 2.08. The quantitative estimate of drug-likeness (QED) is 0.931. The highest BCUT2D eigenvalue weighted by Crippen LogP contribution is 2.14. The fraction of sp³-hybridized carbons (Fsp3) is 0.462. The Kier molecular flexibility index (Phi) is 4.57. The maximum absolute atomic E-state index is 11.8. The van der Waals surface area contributed by atoms with Crippen LogP contribution in [-0.2, 0) is 4.74 Å². The monoisotopic (exact) mass is 297 g/mol. The summed E-state index contributed by atoms with van der Waals surface area (Å²) < 4.78 is 6.27. The maximum Gasteiger partial charge on any atom is 0.251 e. The van der Waals surface area contributed by atoms with Crippen molar-refractivity contribution in [2.75, 3.05) is 19.8 Å². The number of hydrogen-bond donors (Lipinski definition) is 1. The van der Waals surface area contributed by atoms with Gasteiger partial charge in [0.25, 0.3) is 5.91 Å². The SMILES string of the molecule is O=C(NCC1CCOCC1)c1ccc(Br)cc1. The first-order chi connectivity index (χ1) is 8.25.